The van der Waals surface area contributed by atoms with Gasteiger partial charge in [0.05, 0.1) is 0 Å². The van der Waals surface area contributed by atoms with Crippen molar-refractivity contribution in [3.63, 3.8) is 0 Å². The summed E-state index contributed by atoms with van der Waals surface area (Å²) in [5.41, 5.74) is 11.8. The quantitative estimate of drug-likeness (QED) is 0.854. The summed E-state index contributed by atoms with van der Waals surface area (Å²) < 4.78 is 0. The first kappa shape index (κ1) is 13.7. The van der Waals surface area contributed by atoms with Crippen molar-refractivity contribution in [3.05, 3.63) is 60.1 Å². The van der Waals surface area contributed by atoms with E-state index in [0.29, 0.717) is 5.92 Å². The number of pyridine rings is 1. The highest BCUT2D eigenvalue weighted by molar-refractivity contribution is 5.70. The third kappa shape index (κ3) is 2.92. The highest BCUT2D eigenvalue weighted by Gasteiger charge is 2.16. The summed E-state index contributed by atoms with van der Waals surface area (Å²) in [5.74, 6) is 0.499. The van der Waals surface area contributed by atoms with E-state index in [1.54, 1.807) is 0 Å². The van der Waals surface area contributed by atoms with Gasteiger partial charge in [0, 0.05) is 43.2 Å². The minimum atomic E-state index is 0.499. The first-order chi connectivity index (χ1) is 10.1. The summed E-state index contributed by atoms with van der Waals surface area (Å²) in [7, 11) is 2.11. The molecule has 2 aromatic rings. The second-order valence-corrected chi connectivity index (χ2v) is 5.84. The number of aromatic nitrogens is 1. The van der Waals surface area contributed by atoms with Crippen LogP contribution in [0.1, 0.15) is 23.5 Å². The van der Waals surface area contributed by atoms with E-state index in [0.717, 1.165) is 29.8 Å². The predicted octanol–water partition coefficient (Wildman–Crippen LogP) is 3.57. The maximum atomic E-state index is 6.14. The van der Waals surface area contributed by atoms with Gasteiger partial charge in [0.1, 0.15) is 0 Å². The van der Waals surface area contributed by atoms with E-state index >= 15 is 0 Å². The van der Waals surface area contributed by atoms with Crippen LogP contribution in [0.15, 0.2) is 48.9 Å². The van der Waals surface area contributed by atoms with Crippen molar-refractivity contribution in [3.8, 4) is 11.1 Å². The molecule has 3 rings (SSSR count). The summed E-state index contributed by atoms with van der Waals surface area (Å²) in [6.45, 7) is 3.14. The minimum Gasteiger partial charge on any atom is -0.399 e. The molecule has 0 aliphatic carbocycles. The summed E-state index contributed by atoms with van der Waals surface area (Å²) in [6.07, 6.45) is 9.19. The largest absolute Gasteiger partial charge is 0.399 e. The van der Waals surface area contributed by atoms with E-state index in [9.17, 15) is 0 Å². The second kappa shape index (κ2) is 5.60. The van der Waals surface area contributed by atoms with Crippen molar-refractivity contribution in [1.82, 2.24) is 9.88 Å². The Morgan fingerprint density at radius 2 is 2.14 bits per heavy atom. The van der Waals surface area contributed by atoms with Gasteiger partial charge < -0.3 is 10.6 Å². The standard InChI is InChI=1S/C18H21N3/c1-13-5-6-20-11-18(13)16-8-15(9-17(19)10-16)14-4-3-7-21(2)12-14/h3,5-11,14H,4,12,19H2,1-2H3. The summed E-state index contributed by atoms with van der Waals surface area (Å²) in [4.78, 5) is 6.47. The fourth-order valence-electron chi connectivity index (χ4n) is 2.96. The molecule has 0 fully saturated rings. The molecule has 1 aliphatic rings. The molecule has 2 N–H and O–H groups in total. The number of hydrogen-bond donors (Lipinski definition) is 1. The van der Waals surface area contributed by atoms with Crippen molar-refractivity contribution in [2.45, 2.75) is 19.3 Å². The maximum absolute atomic E-state index is 6.14. The molecule has 0 saturated heterocycles. The van der Waals surface area contributed by atoms with Crippen molar-refractivity contribution in [2.24, 2.45) is 0 Å². The Bertz CT molecular complexity index is 676. The topological polar surface area (TPSA) is 42.1 Å². The zero-order valence-electron chi connectivity index (χ0n) is 12.6. The van der Waals surface area contributed by atoms with Gasteiger partial charge in [-0.3, -0.25) is 4.98 Å². The van der Waals surface area contributed by atoms with Gasteiger partial charge in [-0.05, 0) is 54.4 Å². The monoisotopic (exact) mass is 279 g/mol. The van der Waals surface area contributed by atoms with E-state index in [1.165, 1.54) is 11.1 Å². The van der Waals surface area contributed by atoms with Crippen LogP contribution in [0.4, 0.5) is 5.69 Å². The lowest BCUT2D eigenvalue weighted by atomic mass is 9.90. The van der Waals surface area contributed by atoms with Gasteiger partial charge in [-0.15, -0.1) is 0 Å². The normalized spacial score (nSPS) is 18.0. The van der Waals surface area contributed by atoms with Crippen molar-refractivity contribution in [2.75, 3.05) is 19.3 Å². The van der Waals surface area contributed by atoms with Crippen molar-refractivity contribution >= 4 is 5.69 Å². The molecule has 2 heterocycles. The van der Waals surface area contributed by atoms with Crippen LogP contribution in [0.25, 0.3) is 11.1 Å². The molecule has 3 heteroatoms. The van der Waals surface area contributed by atoms with Crippen LogP contribution in [-0.2, 0) is 0 Å². The Kier molecular flexibility index (Phi) is 3.65. The SMILES string of the molecule is Cc1ccncc1-c1cc(N)cc(C2CC=CN(C)C2)c1. The average Bonchev–Trinajstić information content (AvgIpc) is 2.47. The molecule has 1 aromatic carbocycles. The maximum Gasteiger partial charge on any atom is 0.0349 e. The summed E-state index contributed by atoms with van der Waals surface area (Å²) >= 11 is 0. The summed E-state index contributed by atoms with van der Waals surface area (Å²) in [6, 6.07) is 8.44. The van der Waals surface area contributed by atoms with Gasteiger partial charge in [0.2, 0.25) is 0 Å². The number of hydrogen-bond acceptors (Lipinski definition) is 3. The van der Waals surface area contributed by atoms with Gasteiger partial charge >= 0.3 is 0 Å². The number of aryl methyl sites for hydroxylation is 1. The fraction of sp³-hybridized carbons (Fsp3) is 0.278. The average molecular weight is 279 g/mol. The first-order valence-corrected chi connectivity index (χ1v) is 7.32. The zero-order valence-corrected chi connectivity index (χ0v) is 12.6. The van der Waals surface area contributed by atoms with Gasteiger partial charge in [0.15, 0.2) is 0 Å². The molecular weight excluding hydrogens is 258 g/mol. The van der Waals surface area contributed by atoms with Crippen LogP contribution in [-0.4, -0.2) is 23.5 Å². The fourth-order valence-corrected chi connectivity index (χ4v) is 2.96. The molecule has 1 atom stereocenters. The first-order valence-electron chi connectivity index (χ1n) is 7.32. The van der Waals surface area contributed by atoms with Crippen LogP contribution in [0.5, 0.6) is 0 Å². The predicted molar refractivity (Wildman–Crippen MR) is 88.0 cm³/mol. The lowest BCUT2D eigenvalue weighted by Gasteiger charge is -2.27. The Balaban J connectivity index is 2.01. The second-order valence-electron chi connectivity index (χ2n) is 5.84. The van der Waals surface area contributed by atoms with Crippen LogP contribution >= 0.6 is 0 Å². The molecule has 3 nitrogen and oxygen atoms in total. The number of likely N-dealkylation sites (N-methyl/N-ethyl adjacent to an activating group) is 1. The number of nitrogen functional groups attached to an aromatic ring is 1. The van der Waals surface area contributed by atoms with Gasteiger partial charge in [-0.2, -0.15) is 0 Å². The third-order valence-electron chi connectivity index (χ3n) is 4.09. The van der Waals surface area contributed by atoms with Crippen molar-refractivity contribution in [1.29, 1.82) is 0 Å². The number of nitrogens with zero attached hydrogens (tertiary/aromatic N) is 2. The van der Waals surface area contributed by atoms with Crippen LogP contribution in [0.2, 0.25) is 0 Å². The molecular formula is C18H21N3. The molecule has 108 valence electrons. The number of nitrogens with two attached hydrogens (primary N) is 1. The number of anilines is 1. The highest BCUT2D eigenvalue weighted by Crippen LogP contribution is 2.31. The Morgan fingerprint density at radius 1 is 1.29 bits per heavy atom. The molecule has 1 unspecified atom stereocenters. The lowest BCUT2D eigenvalue weighted by Crippen LogP contribution is -2.22. The smallest absolute Gasteiger partial charge is 0.0349 e. The lowest BCUT2D eigenvalue weighted by molar-refractivity contribution is 0.390. The molecule has 0 amide bonds. The third-order valence-corrected chi connectivity index (χ3v) is 4.09. The zero-order chi connectivity index (χ0) is 14.8. The molecule has 0 radical (unpaired) electrons. The Labute approximate surface area is 126 Å². The molecule has 0 bridgehead atoms. The van der Waals surface area contributed by atoms with E-state index < -0.39 is 0 Å². The number of benzene rings is 1. The Hall–Kier alpha value is -2.29. The van der Waals surface area contributed by atoms with E-state index in [4.69, 9.17) is 5.73 Å². The molecule has 0 spiro atoms. The van der Waals surface area contributed by atoms with E-state index in [1.807, 2.05) is 24.5 Å². The van der Waals surface area contributed by atoms with E-state index in [2.05, 4.69) is 48.3 Å². The molecule has 21 heavy (non-hydrogen) atoms. The van der Waals surface area contributed by atoms with Crippen molar-refractivity contribution < 1.29 is 0 Å². The highest BCUT2D eigenvalue weighted by atomic mass is 15.1. The minimum absolute atomic E-state index is 0.499. The Morgan fingerprint density at radius 3 is 2.90 bits per heavy atom. The number of rotatable bonds is 2. The number of allylic oxidation sites excluding steroid dienone is 1. The molecule has 0 saturated carbocycles. The molecule has 1 aromatic heterocycles. The van der Waals surface area contributed by atoms with Crippen LogP contribution < -0.4 is 5.73 Å². The molecule has 1 aliphatic heterocycles. The van der Waals surface area contributed by atoms with Gasteiger partial charge in [0.25, 0.3) is 0 Å². The van der Waals surface area contributed by atoms with Gasteiger partial charge in [-0.25, -0.2) is 0 Å². The summed E-state index contributed by atoms with van der Waals surface area (Å²) in [5, 5.41) is 0. The van der Waals surface area contributed by atoms with E-state index in [-0.39, 0.29) is 0 Å². The van der Waals surface area contributed by atoms with Crippen LogP contribution in [0, 0.1) is 6.92 Å². The van der Waals surface area contributed by atoms with Gasteiger partial charge in [-0.1, -0.05) is 12.1 Å². The van der Waals surface area contributed by atoms with Crippen LogP contribution in [0.3, 0.4) is 0 Å².